The first-order valence-corrected chi connectivity index (χ1v) is 12.7. The van der Waals surface area contributed by atoms with Gasteiger partial charge < -0.3 is 5.11 Å². The average Bonchev–Trinajstić information content (AvgIpc) is 3.63. The molecule has 0 spiro atoms. The van der Waals surface area contributed by atoms with Crippen molar-refractivity contribution >= 4 is 23.0 Å². The van der Waals surface area contributed by atoms with Crippen molar-refractivity contribution in [3.63, 3.8) is 0 Å². The Morgan fingerprint density at radius 1 is 0.800 bits per heavy atom. The van der Waals surface area contributed by atoms with Gasteiger partial charge in [-0.25, -0.2) is 0 Å². The van der Waals surface area contributed by atoms with Crippen molar-refractivity contribution in [3.05, 3.63) is 113 Å². The second kappa shape index (κ2) is 10.4. The highest BCUT2D eigenvalue weighted by Gasteiger charge is 2.38. The van der Waals surface area contributed by atoms with Crippen LogP contribution in [0.5, 0.6) is 5.75 Å². The van der Waals surface area contributed by atoms with E-state index in [2.05, 4.69) is 36.0 Å². The maximum absolute atomic E-state index is 13.6. The fourth-order valence-electron chi connectivity index (χ4n) is 4.55. The Morgan fingerprint density at radius 3 is 2.33 bits per heavy atom. The van der Waals surface area contributed by atoms with Gasteiger partial charge in [0.05, 0.1) is 5.69 Å². The van der Waals surface area contributed by atoms with Gasteiger partial charge in [0.2, 0.25) is 6.17 Å². The first-order chi connectivity index (χ1) is 19.5. The van der Waals surface area contributed by atoms with Crippen LogP contribution in [-0.4, -0.2) is 22.8 Å². The van der Waals surface area contributed by atoms with Crippen molar-refractivity contribution in [2.45, 2.75) is 26.1 Å². The Bertz CT molecular complexity index is 1720. The van der Waals surface area contributed by atoms with Crippen LogP contribution >= 0.6 is 0 Å². The van der Waals surface area contributed by atoms with Gasteiger partial charge in [-0.15, -0.1) is 10.2 Å². The standard InChI is InChI=1S/C30H24N8O2/c1-18-14-15-23(16-19(18)2)38-30(40)27(26(35-38)20-8-4-3-5-9-20)32-31-25-13-7-12-24(28(25)39)21-10-6-11-22(17-21)29-33-36-37-34-29/h3-17,27,29,39H,1-2H3. The summed E-state index contributed by atoms with van der Waals surface area (Å²) < 4.78 is 0. The van der Waals surface area contributed by atoms with Crippen molar-refractivity contribution in [1.82, 2.24) is 0 Å². The highest BCUT2D eigenvalue weighted by atomic mass is 16.3. The lowest BCUT2D eigenvalue weighted by Crippen LogP contribution is -2.30. The zero-order valence-electron chi connectivity index (χ0n) is 21.7. The minimum atomic E-state index is -0.978. The van der Waals surface area contributed by atoms with Crippen LogP contribution in [0.15, 0.2) is 127 Å². The molecule has 0 saturated carbocycles. The monoisotopic (exact) mass is 528 g/mol. The third kappa shape index (κ3) is 4.66. The second-order valence-corrected chi connectivity index (χ2v) is 9.47. The normalized spacial score (nSPS) is 16.9. The number of azo groups is 1. The Kier molecular flexibility index (Phi) is 6.49. The predicted octanol–water partition coefficient (Wildman–Crippen LogP) is 7.41. The summed E-state index contributed by atoms with van der Waals surface area (Å²) in [6, 6.07) is 26.9. The predicted molar refractivity (Wildman–Crippen MR) is 151 cm³/mol. The minimum Gasteiger partial charge on any atom is -0.505 e. The summed E-state index contributed by atoms with van der Waals surface area (Å²) in [6.07, 6.45) is -0.505. The number of carbonyl (C=O) groups excluding carboxylic acids is 1. The number of phenolic OH excluding ortho intramolecular Hbond substituents is 1. The molecule has 2 aliphatic rings. The number of hydrazone groups is 1. The topological polar surface area (TPSA) is 127 Å². The fraction of sp³-hybridized carbons (Fsp3) is 0.133. The van der Waals surface area contributed by atoms with Gasteiger partial charge in [0, 0.05) is 16.7 Å². The van der Waals surface area contributed by atoms with Gasteiger partial charge in [0.25, 0.3) is 5.91 Å². The zero-order chi connectivity index (χ0) is 27.6. The molecule has 1 unspecified atom stereocenters. The zero-order valence-corrected chi connectivity index (χ0v) is 21.7. The van der Waals surface area contributed by atoms with Crippen LogP contribution in [0.3, 0.4) is 0 Å². The number of aromatic hydroxyl groups is 1. The number of nitrogens with zero attached hydrogens (tertiary/aromatic N) is 8. The van der Waals surface area contributed by atoms with Crippen LogP contribution in [0.4, 0.5) is 11.4 Å². The summed E-state index contributed by atoms with van der Waals surface area (Å²) in [4.78, 5) is 13.6. The number of rotatable bonds is 6. The fourth-order valence-corrected chi connectivity index (χ4v) is 4.55. The van der Waals surface area contributed by atoms with E-state index >= 15 is 0 Å². The van der Waals surface area contributed by atoms with Crippen LogP contribution in [0.2, 0.25) is 0 Å². The minimum absolute atomic E-state index is 0.0623. The molecule has 6 rings (SSSR count). The summed E-state index contributed by atoms with van der Waals surface area (Å²) in [5.41, 5.74) is 6.40. The molecule has 4 aromatic carbocycles. The molecule has 10 heteroatoms. The summed E-state index contributed by atoms with van der Waals surface area (Å²) in [7, 11) is 0. The van der Waals surface area contributed by atoms with Gasteiger partial charge in [0.1, 0.15) is 11.4 Å². The number of anilines is 1. The van der Waals surface area contributed by atoms with E-state index in [1.54, 1.807) is 18.2 Å². The molecule has 0 radical (unpaired) electrons. The Hall–Kier alpha value is -5.38. The number of carbonyl (C=O) groups is 1. The van der Waals surface area contributed by atoms with Crippen LogP contribution in [0.1, 0.15) is 28.4 Å². The second-order valence-electron chi connectivity index (χ2n) is 9.47. The van der Waals surface area contributed by atoms with E-state index in [0.717, 1.165) is 27.8 Å². The molecule has 10 nitrogen and oxygen atoms in total. The molecule has 0 saturated heterocycles. The highest BCUT2D eigenvalue weighted by molar-refractivity contribution is 6.24. The van der Waals surface area contributed by atoms with E-state index in [9.17, 15) is 9.90 Å². The van der Waals surface area contributed by atoms with Crippen LogP contribution in [0.25, 0.3) is 11.1 Å². The molecule has 4 aromatic rings. The molecule has 1 N–H and O–H groups in total. The lowest BCUT2D eigenvalue weighted by atomic mass is 10.0. The number of para-hydroxylation sites is 1. The number of hydrogen-bond acceptors (Lipinski definition) is 9. The van der Waals surface area contributed by atoms with Crippen molar-refractivity contribution in [2.75, 3.05) is 5.01 Å². The first kappa shape index (κ1) is 24.9. The van der Waals surface area contributed by atoms with E-state index in [1.165, 1.54) is 5.01 Å². The van der Waals surface area contributed by atoms with Gasteiger partial charge in [-0.05, 0) is 65.2 Å². The SMILES string of the molecule is Cc1ccc(N2N=C(c3ccccc3)C(N=Nc3cccc(-c4cccc(C5N=NN=N5)c4)c3O)C2=O)cc1C. The molecule has 0 aliphatic carbocycles. The summed E-state index contributed by atoms with van der Waals surface area (Å²) >= 11 is 0. The van der Waals surface area contributed by atoms with E-state index < -0.39 is 12.2 Å². The molecule has 2 aliphatic heterocycles. The molecule has 1 amide bonds. The van der Waals surface area contributed by atoms with Crippen molar-refractivity contribution < 1.29 is 9.90 Å². The third-order valence-electron chi connectivity index (χ3n) is 6.87. The van der Waals surface area contributed by atoms with Crippen LogP contribution in [0, 0.1) is 13.8 Å². The number of aryl methyl sites for hydroxylation is 2. The van der Waals surface area contributed by atoms with Gasteiger partial charge in [-0.1, -0.05) is 66.7 Å². The largest absolute Gasteiger partial charge is 0.505 e. The molecule has 0 fully saturated rings. The molecular weight excluding hydrogens is 504 g/mol. The third-order valence-corrected chi connectivity index (χ3v) is 6.87. The van der Waals surface area contributed by atoms with Gasteiger partial charge in [-0.3, -0.25) is 4.79 Å². The molecule has 2 heterocycles. The molecule has 0 bridgehead atoms. The number of benzene rings is 4. The Morgan fingerprint density at radius 2 is 1.55 bits per heavy atom. The number of hydrogen-bond donors (Lipinski definition) is 1. The van der Waals surface area contributed by atoms with Crippen molar-refractivity contribution in [2.24, 2.45) is 36.0 Å². The summed E-state index contributed by atoms with van der Waals surface area (Å²) in [6.45, 7) is 4.01. The van der Waals surface area contributed by atoms with Crippen LogP contribution in [-0.2, 0) is 4.79 Å². The lowest BCUT2D eigenvalue weighted by Gasteiger charge is -2.14. The maximum Gasteiger partial charge on any atom is 0.280 e. The number of phenols is 1. The molecule has 40 heavy (non-hydrogen) atoms. The Labute approximate surface area is 230 Å². The van der Waals surface area contributed by atoms with E-state index in [4.69, 9.17) is 0 Å². The number of amides is 1. The lowest BCUT2D eigenvalue weighted by molar-refractivity contribution is -0.117. The van der Waals surface area contributed by atoms with E-state index in [0.29, 0.717) is 17.0 Å². The van der Waals surface area contributed by atoms with Crippen molar-refractivity contribution in [3.8, 4) is 16.9 Å². The Balaban J connectivity index is 1.34. The molecular formula is C30H24N8O2. The summed E-state index contributed by atoms with van der Waals surface area (Å²) in [5, 5.41) is 41.0. The molecule has 0 aromatic heterocycles. The quantitative estimate of drug-likeness (QED) is 0.261. The molecule has 1 atom stereocenters. The van der Waals surface area contributed by atoms with Crippen molar-refractivity contribution in [1.29, 1.82) is 0 Å². The smallest absolute Gasteiger partial charge is 0.280 e. The van der Waals surface area contributed by atoms with E-state index in [-0.39, 0.29) is 17.3 Å². The molecule has 196 valence electrons. The highest BCUT2D eigenvalue weighted by Crippen LogP contribution is 2.39. The first-order valence-electron chi connectivity index (χ1n) is 12.7. The van der Waals surface area contributed by atoms with Gasteiger partial charge >= 0.3 is 0 Å². The summed E-state index contributed by atoms with van der Waals surface area (Å²) in [5.74, 6) is -0.387. The van der Waals surface area contributed by atoms with Crippen LogP contribution < -0.4 is 5.01 Å². The van der Waals surface area contributed by atoms with E-state index in [1.807, 2.05) is 86.6 Å². The average molecular weight is 529 g/mol. The van der Waals surface area contributed by atoms with Gasteiger partial charge in [0.15, 0.2) is 11.8 Å². The maximum atomic E-state index is 13.6. The van der Waals surface area contributed by atoms with Gasteiger partial charge in [-0.2, -0.15) is 20.3 Å².